The fraction of sp³-hybridized carbons (Fsp3) is 0.444. The molecule has 1 aliphatic heterocycles. The summed E-state index contributed by atoms with van der Waals surface area (Å²) in [5, 5.41) is 0. The maximum atomic E-state index is 13.9. The molecule has 31 heavy (non-hydrogen) atoms. The predicted molar refractivity (Wildman–Crippen MR) is 88.1 cm³/mol. The first-order chi connectivity index (χ1) is 14.4. The second-order valence-corrected chi connectivity index (χ2v) is 6.25. The van der Waals surface area contributed by atoms with Gasteiger partial charge in [-0.1, -0.05) is 0 Å². The number of rotatable bonds is 5. The van der Waals surface area contributed by atoms with Crippen LogP contribution < -0.4 is 0 Å². The number of esters is 4. The summed E-state index contributed by atoms with van der Waals surface area (Å²) < 4.78 is 78.7. The number of carbonyl (C=O) groups is 4. The Balaban J connectivity index is 2.35. The first kappa shape index (κ1) is 24.1. The lowest BCUT2D eigenvalue weighted by atomic mass is 10.0. The normalized spacial score (nSPS) is 22.9. The molecule has 170 valence electrons. The van der Waals surface area contributed by atoms with Crippen molar-refractivity contribution in [3.8, 4) is 0 Å². The molecule has 0 amide bonds. The maximum Gasteiger partial charge on any atom is 0.343 e. The molecule has 4 atom stereocenters. The lowest BCUT2D eigenvalue weighted by Gasteiger charge is -2.39. The molecule has 0 N–H and O–H groups in total. The quantitative estimate of drug-likeness (QED) is 0.216. The minimum Gasteiger partial charge on any atom is -0.456 e. The fourth-order valence-electron chi connectivity index (χ4n) is 2.70. The van der Waals surface area contributed by atoms with Crippen LogP contribution in [0.4, 0.5) is 17.6 Å². The zero-order valence-electron chi connectivity index (χ0n) is 16.3. The molecule has 1 aromatic rings. The van der Waals surface area contributed by atoms with Crippen molar-refractivity contribution in [3.63, 3.8) is 0 Å². The summed E-state index contributed by atoms with van der Waals surface area (Å²) in [6.45, 7) is 2.45. The van der Waals surface area contributed by atoms with Crippen molar-refractivity contribution < 1.29 is 60.4 Å². The van der Waals surface area contributed by atoms with E-state index in [0.29, 0.717) is 0 Å². The Morgan fingerprint density at radius 2 is 1.35 bits per heavy atom. The van der Waals surface area contributed by atoms with Gasteiger partial charge in [-0.3, -0.25) is 14.4 Å². The van der Waals surface area contributed by atoms with Gasteiger partial charge in [0.2, 0.25) is 12.4 Å². The largest absolute Gasteiger partial charge is 0.456 e. The van der Waals surface area contributed by atoms with Crippen molar-refractivity contribution in [2.45, 2.75) is 45.4 Å². The van der Waals surface area contributed by atoms with Gasteiger partial charge in [-0.25, -0.2) is 22.4 Å². The van der Waals surface area contributed by atoms with Crippen LogP contribution in [0, 0.1) is 23.3 Å². The molecule has 0 spiro atoms. The smallest absolute Gasteiger partial charge is 0.343 e. The highest BCUT2D eigenvalue weighted by Crippen LogP contribution is 2.27. The van der Waals surface area contributed by atoms with Crippen molar-refractivity contribution in [1.29, 1.82) is 0 Å². The Bertz CT molecular complexity index is 905. The lowest BCUT2D eigenvalue weighted by molar-refractivity contribution is -0.266. The summed E-state index contributed by atoms with van der Waals surface area (Å²) in [4.78, 5) is 46.5. The molecule has 1 fully saturated rings. The molecule has 2 rings (SSSR count). The number of ether oxygens (including phenoxy) is 5. The molecule has 9 nitrogen and oxygen atoms in total. The summed E-state index contributed by atoms with van der Waals surface area (Å²) >= 11 is 0. The summed E-state index contributed by atoms with van der Waals surface area (Å²) in [7, 11) is 0. The van der Waals surface area contributed by atoms with Crippen molar-refractivity contribution in [3.05, 3.63) is 34.9 Å². The predicted octanol–water partition coefficient (Wildman–Crippen LogP) is 1.55. The molecule has 0 radical (unpaired) electrons. The molecule has 0 unspecified atom stereocenters. The highest BCUT2D eigenvalue weighted by atomic mass is 19.2. The van der Waals surface area contributed by atoms with Crippen LogP contribution in [0.5, 0.6) is 0 Å². The number of halogens is 4. The highest BCUT2D eigenvalue weighted by molar-refractivity contribution is 5.90. The van der Waals surface area contributed by atoms with E-state index in [0.717, 1.165) is 20.8 Å². The third kappa shape index (κ3) is 5.69. The average molecular weight is 452 g/mol. The topological polar surface area (TPSA) is 114 Å². The van der Waals surface area contributed by atoms with E-state index in [2.05, 4.69) is 0 Å². The Hall–Kier alpha value is -3.22. The second kappa shape index (κ2) is 9.73. The molecule has 1 saturated heterocycles. The zero-order valence-corrected chi connectivity index (χ0v) is 16.3. The summed E-state index contributed by atoms with van der Waals surface area (Å²) in [6.07, 6.45) is -6.37. The number of carbonyl (C=O) groups excluding carboxylic acids is 4. The molecular formula is C18H16F4O9. The lowest BCUT2D eigenvalue weighted by Crippen LogP contribution is -2.58. The van der Waals surface area contributed by atoms with E-state index in [1.54, 1.807) is 0 Å². The van der Waals surface area contributed by atoms with E-state index in [1.165, 1.54) is 0 Å². The highest BCUT2D eigenvalue weighted by Gasteiger charge is 2.49. The van der Waals surface area contributed by atoms with Crippen molar-refractivity contribution in [1.82, 2.24) is 0 Å². The summed E-state index contributed by atoms with van der Waals surface area (Å²) in [5.74, 6) is -12.6. The number of benzene rings is 1. The Morgan fingerprint density at radius 3 is 1.90 bits per heavy atom. The second-order valence-electron chi connectivity index (χ2n) is 6.25. The molecule has 1 heterocycles. The minimum atomic E-state index is -2.25. The summed E-state index contributed by atoms with van der Waals surface area (Å²) in [6, 6.07) is 0.0605. The molecule has 13 heteroatoms. The van der Waals surface area contributed by atoms with Gasteiger partial charge in [0, 0.05) is 20.8 Å². The first-order valence-corrected chi connectivity index (χ1v) is 8.59. The van der Waals surface area contributed by atoms with Crippen LogP contribution >= 0.6 is 0 Å². The average Bonchev–Trinajstić information content (AvgIpc) is 2.66. The van der Waals surface area contributed by atoms with Crippen molar-refractivity contribution >= 4 is 23.9 Å². The Kier molecular flexibility index (Phi) is 7.55. The van der Waals surface area contributed by atoms with E-state index < -0.39 is 83.9 Å². The van der Waals surface area contributed by atoms with E-state index in [-0.39, 0.29) is 6.07 Å². The van der Waals surface area contributed by atoms with Crippen molar-refractivity contribution in [2.24, 2.45) is 0 Å². The van der Waals surface area contributed by atoms with Gasteiger partial charge in [-0.2, -0.15) is 0 Å². The van der Waals surface area contributed by atoms with Gasteiger partial charge in [-0.15, -0.1) is 0 Å². The monoisotopic (exact) mass is 452 g/mol. The van der Waals surface area contributed by atoms with Crippen LogP contribution in [0.15, 0.2) is 6.07 Å². The van der Waals surface area contributed by atoms with Gasteiger partial charge in [0.1, 0.15) is 5.56 Å². The van der Waals surface area contributed by atoms with Crippen molar-refractivity contribution in [2.75, 3.05) is 6.61 Å². The molecule has 1 aromatic carbocycles. The van der Waals surface area contributed by atoms with Crippen LogP contribution in [0.1, 0.15) is 31.1 Å². The van der Waals surface area contributed by atoms with E-state index in [4.69, 9.17) is 23.7 Å². The van der Waals surface area contributed by atoms with E-state index in [1.807, 2.05) is 0 Å². The molecule has 0 bridgehead atoms. The van der Waals surface area contributed by atoms with Gasteiger partial charge < -0.3 is 23.7 Å². The molecule has 0 aromatic heterocycles. The standard InChI is InChI=1S/C18H16F4O9/c1-6(23)28-11-5-27-18(16(30-8(3)25)15(11)29-7(2)24)31-17(26)9-4-10(19)13(21)14(22)12(9)20/h4,11,15-16,18H,5H2,1-3H3/t11-,15+,16-,18+/m1/s1. The van der Waals surface area contributed by atoms with Gasteiger partial charge in [0.25, 0.3) is 0 Å². The van der Waals surface area contributed by atoms with Gasteiger partial charge >= 0.3 is 23.9 Å². The first-order valence-electron chi connectivity index (χ1n) is 8.59. The van der Waals surface area contributed by atoms with Crippen LogP contribution in [-0.2, 0) is 38.1 Å². The van der Waals surface area contributed by atoms with Gasteiger partial charge in [-0.05, 0) is 6.07 Å². The molecule has 0 aliphatic carbocycles. The molecular weight excluding hydrogens is 436 g/mol. The van der Waals surface area contributed by atoms with Crippen LogP contribution in [0.25, 0.3) is 0 Å². The zero-order chi connectivity index (χ0) is 23.5. The van der Waals surface area contributed by atoms with E-state index >= 15 is 0 Å². The minimum absolute atomic E-state index is 0.0605. The Labute approximate surface area is 172 Å². The third-order valence-corrected chi connectivity index (χ3v) is 3.85. The van der Waals surface area contributed by atoms with E-state index in [9.17, 15) is 36.7 Å². The van der Waals surface area contributed by atoms with Crippen LogP contribution in [0.2, 0.25) is 0 Å². The van der Waals surface area contributed by atoms with Crippen LogP contribution in [-0.4, -0.2) is 55.1 Å². The maximum absolute atomic E-state index is 13.9. The number of hydrogen-bond acceptors (Lipinski definition) is 9. The van der Waals surface area contributed by atoms with Gasteiger partial charge in [0.05, 0.1) is 6.61 Å². The van der Waals surface area contributed by atoms with Crippen LogP contribution in [0.3, 0.4) is 0 Å². The molecule has 0 saturated carbocycles. The Morgan fingerprint density at radius 1 is 0.806 bits per heavy atom. The SMILES string of the molecule is CC(=O)O[C@@H]1[C@@H](OC(C)=O)[C@H](OC(=O)c2cc(F)c(F)c(F)c2F)OC[C@H]1OC(C)=O. The third-order valence-electron chi connectivity index (χ3n) is 3.85. The molecule has 1 aliphatic rings. The van der Waals surface area contributed by atoms with Gasteiger partial charge in [0.15, 0.2) is 35.5 Å². The fourth-order valence-corrected chi connectivity index (χ4v) is 2.70. The number of hydrogen-bond donors (Lipinski definition) is 0. The summed E-state index contributed by atoms with van der Waals surface area (Å²) in [5.41, 5.74) is -1.31.